The van der Waals surface area contributed by atoms with Crippen molar-refractivity contribution in [2.24, 2.45) is 0 Å². The lowest BCUT2D eigenvalue weighted by Gasteiger charge is -2.23. The molecule has 1 atom stereocenters. The van der Waals surface area contributed by atoms with Crippen molar-refractivity contribution in [1.82, 2.24) is 0 Å². The number of aryl methyl sites for hydroxylation is 1. The van der Waals surface area contributed by atoms with E-state index >= 15 is 0 Å². The van der Waals surface area contributed by atoms with E-state index in [-0.39, 0.29) is 5.69 Å². The molecule has 1 saturated heterocycles. The smallest absolute Gasteiger partial charge is 0.326 e. The van der Waals surface area contributed by atoms with Crippen molar-refractivity contribution in [3.63, 3.8) is 0 Å². The standard InChI is InChI=1S/C12H14N2O4/c1-8-4-5-9(11(7-8)14(17)18)13-6-2-3-10(13)12(15)16/h4-5,7,10H,2-3,6H2,1H3,(H,15,16)/t10-/m0/s1. The minimum Gasteiger partial charge on any atom is -0.480 e. The quantitative estimate of drug-likeness (QED) is 0.654. The van der Waals surface area contributed by atoms with E-state index in [2.05, 4.69) is 0 Å². The van der Waals surface area contributed by atoms with Gasteiger partial charge in [-0.05, 0) is 31.4 Å². The molecule has 1 fully saturated rings. The van der Waals surface area contributed by atoms with Gasteiger partial charge in [-0.2, -0.15) is 0 Å². The minimum atomic E-state index is -0.928. The second-order valence-corrected chi connectivity index (χ2v) is 4.44. The van der Waals surface area contributed by atoms with E-state index in [1.165, 1.54) is 6.07 Å². The third-order valence-corrected chi connectivity index (χ3v) is 3.17. The maximum atomic E-state index is 11.1. The van der Waals surface area contributed by atoms with Crippen molar-refractivity contribution in [3.8, 4) is 0 Å². The number of nitro groups is 1. The van der Waals surface area contributed by atoms with Gasteiger partial charge in [-0.15, -0.1) is 0 Å². The molecular weight excluding hydrogens is 236 g/mol. The Hall–Kier alpha value is -2.11. The van der Waals surface area contributed by atoms with Gasteiger partial charge in [0, 0.05) is 12.6 Å². The number of rotatable bonds is 3. The summed E-state index contributed by atoms with van der Waals surface area (Å²) in [6.07, 6.45) is 1.27. The maximum Gasteiger partial charge on any atom is 0.326 e. The van der Waals surface area contributed by atoms with E-state index in [4.69, 9.17) is 5.11 Å². The molecule has 1 N–H and O–H groups in total. The minimum absolute atomic E-state index is 0.0249. The van der Waals surface area contributed by atoms with E-state index in [0.717, 1.165) is 12.0 Å². The first-order valence-electron chi connectivity index (χ1n) is 5.75. The molecule has 0 amide bonds. The molecule has 1 aromatic rings. The topological polar surface area (TPSA) is 83.7 Å². The van der Waals surface area contributed by atoms with Crippen LogP contribution in [0.1, 0.15) is 18.4 Å². The normalized spacial score (nSPS) is 18.9. The zero-order valence-electron chi connectivity index (χ0n) is 10.00. The van der Waals surface area contributed by atoms with Crippen LogP contribution >= 0.6 is 0 Å². The number of carboxylic acid groups (broad SMARTS) is 1. The van der Waals surface area contributed by atoms with Gasteiger partial charge < -0.3 is 10.0 Å². The van der Waals surface area contributed by atoms with Gasteiger partial charge >= 0.3 is 5.97 Å². The fourth-order valence-corrected chi connectivity index (χ4v) is 2.33. The molecule has 0 aliphatic carbocycles. The van der Waals surface area contributed by atoms with Crippen molar-refractivity contribution >= 4 is 17.3 Å². The van der Waals surface area contributed by atoms with Gasteiger partial charge in [0.2, 0.25) is 0 Å². The largest absolute Gasteiger partial charge is 0.480 e. The summed E-state index contributed by atoms with van der Waals surface area (Å²) in [6.45, 7) is 2.32. The zero-order valence-corrected chi connectivity index (χ0v) is 10.00. The average molecular weight is 250 g/mol. The van der Waals surface area contributed by atoms with Gasteiger partial charge in [0.05, 0.1) is 4.92 Å². The van der Waals surface area contributed by atoms with Gasteiger partial charge in [-0.3, -0.25) is 10.1 Å². The van der Waals surface area contributed by atoms with E-state index in [1.54, 1.807) is 24.0 Å². The van der Waals surface area contributed by atoms with Crippen LogP contribution in [0.15, 0.2) is 18.2 Å². The number of benzene rings is 1. The Bertz CT molecular complexity index is 501. The van der Waals surface area contributed by atoms with Crippen LogP contribution in [0.5, 0.6) is 0 Å². The summed E-state index contributed by atoms with van der Waals surface area (Å²) in [5.74, 6) is -0.928. The van der Waals surface area contributed by atoms with Crippen LogP contribution in [0.4, 0.5) is 11.4 Å². The molecular formula is C12H14N2O4. The lowest BCUT2D eigenvalue weighted by Crippen LogP contribution is -2.36. The molecule has 2 rings (SSSR count). The lowest BCUT2D eigenvalue weighted by atomic mass is 10.1. The van der Waals surface area contributed by atoms with Gasteiger partial charge in [0.15, 0.2) is 0 Å². The predicted molar refractivity (Wildman–Crippen MR) is 65.8 cm³/mol. The number of hydrogen-bond acceptors (Lipinski definition) is 4. The van der Waals surface area contributed by atoms with Crippen LogP contribution in [-0.2, 0) is 4.79 Å². The Kier molecular flexibility index (Phi) is 3.18. The van der Waals surface area contributed by atoms with E-state index < -0.39 is 16.9 Å². The second kappa shape index (κ2) is 4.64. The zero-order chi connectivity index (χ0) is 13.3. The lowest BCUT2D eigenvalue weighted by molar-refractivity contribution is -0.384. The van der Waals surface area contributed by atoms with Crippen LogP contribution in [0, 0.1) is 17.0 Å². The third-order valence-electron chi connectivity index (χ3n) is 3.17. The molecule has 18 heavy (non-hydrogen) atoms. The van der Waals surface area contributed by atoms with Crippen LogP contribution in [0.25, 0.3) is 0 Å². The molecule has 6 heteroatoms. The number of anilines is 1. The van der Waals surface area contributed by atoms with Crippen molar-refractivity contribution in [2.45, 2.75) is 25.8 Å². The molecule has 0 saturated carbocycles. The highest BCUT2D eigenvalue weighted by molar-refractivity contribution is 5.81. The number of nitrogens with zero attached hydrogens (tertiary/aromatic N) is 2. The molecule has 0 radical (unpaired) electrons. The first kappa shape index (κ1) is 12.3. The summed E-state index contributed by atoms with van der Waals surface area (Å²) in [4.78, 5) is 23.3. The summed E-state index contributed by atoms with van der Waals surface area (Å²) in [6, 6.07) is 4.22. The maximum absolute atomic E-state index is 11.1. The van der Waals surface area contributed by atoms with Gasteiger partial charge in [-0.25, -0.2) is 4.79 Å². The third kappa shape index (κ3) is 2.13. The molecule has 0 unspecified atom stereocenters. The van der Waals surface area contributed by atoms with Gasteiger partial charge in [-0.1, -0.05) is 6.07 Å². The molecule has 0 bridgehead atoms. The Morgan fingerprint density at radius 2 is 2.28 bits per heavy atom. The Morgan fingerprint density at radius 3 is 2.89 bits per heavy atom. The number of aliphatic carboxylic acids is 1. The summed E-state index contributed by atoms with van der Waals surface area (Å²) < 4.78 is 0. The highest BCUT2D eigenvalue weighted by Gasteiger charge is 2.34. The predicted octanol–water partition coefficient (Wildman–Crippen LogP) is 1.96. The monoisotopic (exact) mass is 250 g/mol. The number of carbonyl (C=O) groups is 1. The van der Waals surface area contributed by atoms with Gasteiger partial charge in [0.25, 0.3) is 5.69 Å². The highest BCUT2D eigenvalue weighted by Crippen LogP contribution is 2.34. The fraction of sp³-hybridized carbons (Fsp3) is 0.417. The molecule has 1 aliphatic heterocycles. The molecule has 96 valence electrons. The first-order valence-corrected chi connectivity index (χ1v) is 5.75. The fourth-order valence-electron chi connectivity index (χ4n) is 2.33. The Balaban J connectivity index is 2.44. The second-order valence-electron chi connectivity index (χ2n) is 4.44. The highest BCUT2D eigenvalue weighted by atomic mass is 16.6. The molecule has 1 aliphatic rings. The molecule has 0 spiro atoms. The van der Waals surface area contributed by atoms with Crippen LogP contribution < -0.4 is 4.90 Å². The van der Waals surface area contributed by atoms with Crippen molar-refractivity contribution < 1.29 is 14.8 Å². The Labute approximate surface area is 104 Å². The summed E-state index contributed by atoms with van der Waals surface area (Å²) >= 11 is 0. The van der Waals surface area contributed by atoms with Crippen LogP contribution in [-0.4, -0.2) is 28.6 Å². The number of nitro benzene ring substituents is 1. The first-order chi connectivity index (χ1) is 8.50. The van der Waals surface area contributed by atoms with Crippen LogP contribution in [0.3, 0.4) is 0 Å². The van der Waals surface area contributed by atoms with Crippen molar-refractivity contribution in [2.75, 3.05) is 11.4 Å². The van der Waals surface area contributed by atoms with E-state index in [1.807, 2.05) is 0 Å². The average Bonchev–Trinajstić information content (AvgIpc) is 2.77. The van der Waals surface area contributed by atoms with Crippen molar-refractivity contribution in [1.29, 1.82) is 0 Å². The molecule has 1 aromatic carbocycles. The molecule has 1 heterocycles. The molecule has 6 nitrogen and oxygen atoms in total. The summed E-state index contributed by atoms with van der Waals surface area (Å²) in [5, 5.41) is 20.2. The van der Waals surface area contributed by atoms with E-state index in [0.29, 0.717) is 18.7 Å². The molecule has 0 aromatic heterocycles. The summed E-state index contributed by atoms with van der Waals surface area (Å²) in [7, 11) is 0. The van der Waals surface area contributed by atoms with E-state index in [9.17, 15) is 14.9 Å². The Morgan fingerprint density at radius 1 is 1.56 bits per heavy atom. The number of hydrogen-bond donors (Lipinski definition) is 1. The van der Waals surface area contributed by atoms with Gasteiger partial charge in [0.1, 0.15) is 11.7 Å². The van der Waals surface area contributed by atoms with Crippen molar-refractivity contribution in [3.05, 3.63) is 33.9 Å². The SMILES string of the molecule is Cc1ccc(N2CCC[C@H]2C(=O)O)c([N+](=O)[O-])c1. The number of carboxylic acids is 1. The summed E-state index contributed by atoms with van der Waals surface area (Å²) in [5.41, 5.74) is 1.16. The van der Waals surface area contributed by atoms with Crippen LogP contribution in [0.2, 0.25) is 0 Å².